The van der Waals surface area contributed by atoms with Crippen LogP contribution in [0.3, 0.4) is 0 Å². The number of likely N-dealkylation sites (tertiary alicyclic amines) is 1. The Morgan fingerprint density at radius 2 is 2.16 bits per heavy atom. The van der Waals surface area contributed by atoms with Crippen molar-refractivity contribution in [3.63, 3.8) is 0 Å². The number of anilines is 1. The second kappa shape index (κ2) is 6.68. The molecule has 1 aromatic carbocycles. The molecule has 1 aliphatic heterocycles. The average Bonchev–Trinajstić information content (AvgIpc) is 2.88. The second-order valence-corrected chi connectivity index (χ2v) is 4.98. The predicted molar refractivity (Wildman–Crippen MR) is 78.4 cm³/mol. The zero-order chi connectivity index (χ0) is 13.7. The largest absolute Gasteiger partial charge is 0.316 e. The minimum atomic E-state index is 0.186. The van der Waals surface area contributed by atoms with Crippen LogP contribution in [0.5, 0.6) is 0 Å². The summed E-state index contributed by atoms with van der Waals surface area (Å²) in [5.41, 5.74) is 0.986. The first-order valence-corrected chi connectivity index (χ1v) is 6.99. The highest BCUT2D eigenvalue weighted by molar-refractivity contribution is 5.94. The summed E-state index contributed by atoms with van der Waals surface area (Å²) in [6.07, 6.45) is 1.13. The molecule has 0 radical (unpaired) electrons. The summed E-state index contributed by atoms with van der Waals surface area (Å²) in [5.74, 6) is 0.186. The fourth-order valence-corrected chi connectivity index (χ4v) is 2.60. The molecule has 1 heterocycles. The van der Waals surface area contributed by atoms with Gasteiger partial charge in [-0.2, -0.15) is 0 Å². The van der Waals surface area contributed by atoms with Crippen LogP contribution in [0.4, 0.5) is 5.69 Å². The van der Waals surface area contributed by atoms with Gasteiger partial charge in [0.2, 0.25) is 5.91 Å². The van der Waals surface area contributed by atoms with Gasteiger partial charge in [-0.3, -0.25) is 9.69 Å². The number of nitrogens with zero attached hydrogens (tertiary/aromatic N) is 2. The maximum atomic E-state index is 12.4. The monoisotopic (exact) mass is 261 g/mol. The Kier molecular flexibility index (Phi) is 4.93. The molecular weight excluding hydrogens is 238 g/mol. The number of carbonyl (C=O) groups excluding carboxylic acids is 1. The molecule has 104 valence electrons. The molecule has 1 amide bonds. The number of rotatable bonds is 5. The summed E-state index contributed by atoms with van der Waals surface area (Å²) in [6.45, 7) is 5.22. The molecule has 1 fully saturated rings. The third-order valence-electron chi connectivity index (χ3n) is 3.72. The molecule has 2 rings (SSSR count). The van der Waals surface area contributed by atoms with Crippen LogP contribution < -0.4 is 10.2 Å². The zero-order valence-electron chi connectivity index (χ0n) is 11.8. The fourth-order valence-electron chi connectivity index (χ4n) is 2.60. The average molecular weight is 261 g/mol. The minimum Gasteiger partial charge on any atom is -0.316 e. The van der Waals surface area contributed by atoms with Crippen molar-refractivity contribution in [2.75, 3.05) is 38.1 Å². The van der Waals surface area contributed by atoms with E-state index in [1.807, 2.05) is 49.2 Å². The van der Waals surface area contributed by atoms with Crippen molar-refractivity contribution in [1.82, 2.24) is 10.2 Å². The van der Waals surface area contributed by atoms with E-state index in [-0.39, 0.29) is 5.91 Å². The van der Waals surface area contributed by atoms with Crippen LogP contribution in [-0.2, 0) is 4.79 Å². The van der Waals surface area contributed by atoms with Gasteiger partial charge < -0.3 is 10.2 Å². The maximum absolute atomic E-state index is 12.4. The van der Waals surface area contributed by atoms with Gasteiger partial charge in [-0.05, 0) is 32.5 Å². The Balaban J connectivity index is 1.95. The molecule has 0 bridgehead atoms. The minimum absolute atomic E-state index is 0.186. The molecule has 0 saturated carbocycles. The van der Waals surface area contributed by atoms with E-state index in [2.05, 4.69) is 10.2 Å². The number of nitrogens with one attached hydrogen (secondary N) is 1. The quantitative estimate of drug-likeness (QED) is 0.868. The number of hydrogen-bond donors (Lipinski definition) is 1. The van der Waals surface area contributed by atoms with Gasteiger partial charge in [-0.25, -0.2) is 0 Å². The van der Waals surface area contributed by atoms with Crippen molar-refractivity contribution < 1.29 is 4.79 Å². The summed E-state index contributed by atoms with van der Waals surface area (Å²) in [5, 5.41) is 3.28. The maximum Gasteiger partial charge on any atom is 0.241 e. The number of para-hydroxylation sites is 1. The molecule has 19 heavy (non-hydrogen) atoms. The van der Waals surface area contributed by atoms with Gasteiger partial charge in [-0.15, -0.1) is 0 Å². The van der Waals surface area contributed by atoms with E-state index in [0.29, 0.717) is 19.1 Å². The molecule has 1 N–H and O–H groups in total. The third-order valence-corrected chi connectivity index (χ3v) is 3.72. The van der Waals surface area contributed by atoms with E-state index in [1.54, 1.807) is 0 Å². The lowest BCUT2D eigenvalue weighted by Crippen LogP contribution is -2.40. The van der Waals surface area contributed by atoms with Crippen molar-refractivity contribution in [2.24, 2.45) is 0 Å². The van der Waals surface area contributed by atoms with Crippen LogP contribution >= 0.6 is 0 Å². The predicted octanol–water partition coefficient (Wildman–Crippen LogP) is 1.33. The van der Waals surface area contributed by atoms with Crippen LogP contribution in [0.15, 0.2) is 30.3 Å². The van der Waals surface area contributed by atoms with E-state index in [1.165, 1.54) is 0 Å². The zero-order valence-corrected chi connectivity index (χ0v) is 11.8. The first kappa shape index (κ1) is 14.0. The number of carbonyl (C=O) groups is 1. The van der Waals surface area contributed by atoms with Crippen LogP contribution in [-0.4, -0.2) is 50.1 Å². The van der Waals surface area contributed by atoms with E-state index < -0.39 is 0 Å². The van der Waals surface area contributed by atoms with Gasteiger partial charge in [-0.1, -0.05) is 18.2 Å². The lowest BCUT2D eigenvalue weighted by molar-refractivity contribution is -0.119. The summed E-state index contributed by atoms with van der Waals surface area (Å²) in [4.78, 5) is 16.5. The lowest BCUT2D eigenvalue weighted by atomic mass is 10.2. The van der Waals surface area contributed by atoms with E-state index in [0.717, 1.165) is 25.2 Å². The van der Waals surface area contributed by atoms with Crippen LogP contribution in [0.25, 0.3) is 0 Å². The fraction of sp³-hybridized carbons (Fsp3) is 0.533. The molecule has 1 saturated heterocycles. The summed E-state index contributed by atoms with van der Waals surface area (Å²) < 4.78 is 0. The summed E-state index contributed by atoms with van der Waals surface area (Å²) >= 11 is 0. The van der Waals surface area contributed by atoms with Gasteiger partial charge in [0.05, 0.1) is 6.54 Å². The smallest absolute Gasteiger partial charge is 0.241 e. The Bertz CT molecular complexity index is 407. The molecule has 1 aromatic rings. The topological polar surface area (TPSA) is 35.6 Å². The van der Waals surface area contributed by atoms with Gasteiger partial charge in [0.1, 0.15) is 0 Å². The Morgan fingerprint density at radius 1 is 1.42 bits per heavy atom. The number of likely N-dealkylation sites (N-methyl/N-ethyl adjacent to an activating group) is 2. The number of benzene rings is 1. The van der Waals surface area contributed by atoms with E-state index in [4.69, 9.17) is 0 Å². The highest BCUT2D eigenvalue weighted by Crippen LogP contribution is 2.15. The third kappa shape index (κ3) is 3.55. The van der Waals surface area contributed by atoms with E-state index in [9.17, 15) is 4.79 Å². The number of amides is 1. The van der Waals surface area contributed by atoms with Crippen LogP contribution in [0.2, 0.25) is 0 Å². The SMILES string of the molecule is CCN(C(=O)CN1CCC(NC)C1)c1ccccc1. The molecule has 0 aromatic heterocycles. The van der Waals surface area contributed by atoms with E-state index >= 15 is 0 Å². The number of hydrogen-bond acceptors (Lipinski definition) is 3. The van der Waals surface area contributed by atoms with Crippen molar-refractivity contribution in [1.29, 1.82) is 0 Å². The second-order valence-electron chi connectivity index (χ2n) is 4.98. The van der Waals surface area contributed by atoms with Crippen LogP contribution in [0.1, 0.15) is 13.3 Å². The molecule has 0 aliphatic carbocycles. The Morgan fingerprint density at radius 3 is 2.74 bits per heavy atom. The highest BCUT2D eigenvalue weighted by Gasteiger charge is 2.24. The Labute approximate surface area is 115 Å². The van der Waals surface area contributed by atoms with Crippen molar-refractivity contribution >= 4 is 11.6 Å². The highest BCUT2D eigenvalue weighted by atomic mass is 16.2. The molecule has 1 aliphatic rings. The van der Waals surface area contributed by atoms with Gasteiger partial charge >= 0.3 is 0 Å². The first-order valence-electron chi connectivity index (χ1n) is 6.99. The summed E-state index contributed by atoms with van der Waals surface area (Å²) in [6, 6.07) is 10.4. The van der Waals surface area contributed by atoms with Crippen molar-refractivity contribution in [3.8, 4) is 0 Å². The van der Waals surface area contributed by atoms with Crippen LogP contribution in [0, 0.1) is 0 Å². The first-order chi connectivity index (χ1) is 9.24. The molecule has 4 heteroatoms. The molecule has 4 nitrogen and oxygen atoms in total. The van der Waals surface area contributed by atoms with Gasteiger partial charge in [0.25, 0.3) is 0 Å². The van der Waals surface area contributed by atoms with Gasteiger partial charge in [0, 0.05) is 31.4 Å². The molecule has 1 unspecified atom stereocenters. The van der Waals surface area contributed by atoms with Crippen molar-refractivity contribution in [3.05, 3.63) is 30.3 Å². The molecule has 1 atom stereocenters. The normalized spacial score (nSPS) is 19.6. The standard InChI is InChI=1S/C15H23N3O/c1-3-18(14-7-5-4-6-8-14)15(19)12-17-10-9-13(11-17)16-2/h4-8,13,16H,3,9-12H2,1-2H3. The van der Waals surface area contributed by atoms with Crippen molar-refractivity contribution in [2.45, 2.75) is 19.4 Å². The molecular formula is C15H23N3O. The Hall–Kier alpha value is -1.39. The van der Waals surface area contributed by atoms with Gasteiger partial charge in [0.15, 0.2) is 0 Å². The molecule has 0 spiro atoms. The summed E-state index contributed by atoms with van der Waals surface area (Å²) in [7, 11) is 1.98. The lowest BCUT2D eigenvalue weighted by Gasteiger charge is -2.24.